The van der Waals surface area contributed by atoms with Crippen LogP contribution >= 0.6 is 15.9 Å². The molecular formula is C15H13BrFNO2. The van der Waals surface area contributed by atoms with Crippen LogP contribution in [0.3, 0.4) is 0 Å². The van der Waals surface area contributed by atoms with Gasteiger partial charge >= 0.3 is 5.97 Å². The Bertz CT molecular complexity index is 631. The molecule has 2 N–H and O–H groups in total. The van der Waals surface area contributed by atoms with E-state index in [2.05, 4.69) is 21.2 Å². The Morgan fingerprint density at radius 2 is 1.85 bits per heavy atom. The van der Waals surface area contributed by atoms with E-state index in [1.165, 1.54) is 12.1 Å². The molecule has 0 radical (unpaired) electrons. The first-order valence-electron chi connectivity index (χ1n) is 6.03. The third-order valence-electron chi connectivity index (χ3n) is 2.81. The molecule has 0 fully saturated rings. The molecule has 0 aliphatic heterocycles. The van der Waals surface area contributed by atoms with Crippen LogP contribution in [0.5, 0.6) is 0 Å². The third kappa shape index (κ3) is 3.88. The second kappa shape index (κ2) is 6.63. The Kier molecular flexibility index (Phi) is 4.87. The molecule has 0 unspecified atom stereocenters. The van der Waals surface area contributed by atoms with Crippen LogP contribution < -0.4 is 5.32 Å². The number of hydrogen-bond donors (Lipinski definition) is 2. The van der Waals surface area contributed by atoms with E-state index in [9.17, 15) is 9.18 Å². The molecule has 104 valence electrons. The van der Waals surface area contributed by atoms with Gasteiger partial charge in [-0.1, -0.05) is 34.1 Å². The first-order valence-corrected chi connectivity index (χ1v) is 6.82. The van der Waals surface area contributed by atoms with Gasteiger partial charge < -0.3 is 10.4 Å². The average molecular weight is 338 g/mol. The molecule has 2 aromatic rings. The van der Waals surface area contributed by atoms with E-state index in [4.69, 9.17) is 5.11 Å². The monoisotopic (exact) mass is 337 g/mol. The lowest BCUT2D eigenvalue weighted by Crippen LogP contribution is -2.13. The van der Waals surface area contributed by atoms with Crippen LogP contribution in [0, 0.1) is 5.82 Å². The van der Waals surface area contributed by atoms with Crippen LogP contribution in [0.25, 0.3) is 0 Å². The summed E-state index contributed by atoms with van der Waals surface area (Å²) in [6, 6.07) is 12.0. The quantitative estimate of drug-likeness (QED) is 0.876. The lowest BCUT2D eigenvalue weighted by atomic mass is 10.1. The molecule has 0 atom stereocenters. The summed E-state index contributed by atoms with van der Waals surface area (Å²) in [5.41, 5.74) is 1.52. The fourth-order valence-electron chi connectivity index (χ4n) is 1.84. The van der Waals surface area contributed by atoms with Gasteiger partial charge in [0.1, 0.15) is 5.82 Å². The fraction of sp³-hybridized carbons (Fsp3) is 0.133. The van der Waals surface area contributed by atoms with Gasteiger partial charge in [0.05, 0.1) is 5.56 Å². The van der Waals surface area contributed by atoms with Gasteiger partial charge in [-0.25, -0.2) is 9.18 Å². The number of aromatic carboxylic acids is 1. The van der Waals surface area contributed by atoms with Crippen molar-refractivity contribution in [1.29, 1.82) is 0 Å². The average Bonchev–Trinajstić information content (AvgIpc) is 2.38. The van der Waals surface area contributed by atoms with Crippen molar-refractivity contribution in [1.82, 2.24) is 5.32 Å². The highest BCUT2D eigenvalue weighted by Gasteiger charge is 2.09. The standard InChI is InChI=1S/C15H13BrFNO2/c16-12-3-1-2-10(6-12)8-18-9-11-4-5-13(15(19)20)14(17)7-11/h1-7,18H,8-9H2,(H,19,20). The van der Waals surface area contributed by atoms with Gasteiger partial charge in [0.2, 0.25) is 0 Å². The lowest BCUT2D eigenvalue weighted by Gasteiger charge is -2.07. The van der Waals surface area contributed by atoms with Crippen LogP contribution in [-0.2, 0) is 13.1 Å². The van der Waals surface area contributed by atoms with E-state index in [0.29, 0.717) is 18.7 Å². The Labute approximate surface area is 124 Å². The van der Waals surface area contributed by atoms with Gasteiger partial charge in [0, 0.05) is 17.6 Å². The van der Waals surface area contributed by atoms with Crippen molar-refractivity contribution in [3.63, 3.8) is 0 Å². The number of carbonyl (C=O) groups is 1. The van der Waals surface area contributed by atoms with Crippen molar-refractivity contribution in [3.05, 3.63) is 69.4 Å². The maximum atomic E-state index is 13.5. The first kappa shape index (κ1) is 14.7. The van der Waals surface area contributed by atoms with Crippen LogP contribution in [0.4, 0.5) is 4.39 Å². The molecule has 3 nitrogen and oxygen atoms in total. The van der Waals surface area contributed by atoms with Crippen molar-refractivity contribution in [2.45, 2.75) is 13.1 Å². The minimum atomic E-state index is -1.25. The van der Waals surface area contributed by atoms with Crippen LogP contribution in [0.1, 0.15) is 21.5 Å². The summed E-state index contributed by atoms with van der Waals surface area (Å²) < 4.78 is 14.5. The molecule has 0 aliphatic carbocycles. The van der Waals surface area contributed by atoms with Crippen LogP contribution in [-0.4, -0.2) is 11.1 Å². The highest BCUT2D eigenvalue weighted by atomic mass is 79.9. The van der Waals surface area contributed by atoms with Crippen molar-refractivity contribution in [2.24, 2.45) is 0 Å². The predicted molar refractivity (Wildman–Crippen MR) is 78.0 cm³/mol. The Balaban J connectivity index is 1.94. The number of carboxylic acids is 1. The fourth-order valence-corrected chi connectivity index (χ4v) is 2.29. The third-order valence-corrected chi connectivity index (χ3v) is 3.30. The van der Waals surface area contributed by atoms with E-state index < -0.39 is 11.8 Å². The Morgan fingerprint density at radius 3 is 2.45 bits per heavy atom. The zero-order valence-corrected chi connectivity index (χ0v) is 12.2. The zero-order chi connectivity index (χ0) is 14.5. The van der Waals surface area contributed by atoms with Crippen molar-refractivity contribution >= 4 is 21.9 Å². The number of halogens is 2. The molecule has 2 aromatic carbocycles. The summed E-state index contributed by atoms with van der Waals surface area (Å²) in [7, 11) is 0. The minimum absolute atomic E-state index is 0.305. The van der Waals surface area contributed by atoms with E-state index in [0.717, 1.165) is 10.0 Å². The number of rotatable bonds is 5. The van der Waals surface area contributed by atoms with Gasteiger partial charge in [-0.15, -0.1) is 0 Å². The highest BCUT2D eigenvalue weighted by molar-refractivity contribution is 9.10. The van der Waals surface area contributed by atoms with Crippen LogP contribution in [0.15, 0.2) is 46.9 Å². The smallest absolute Gasteiger partial charge is 0.338 e. The number of hydrogen-bond acceptors (Lipinski definition) is 2. The van der Waals surface area contributed by atoms with Crippen molar-refractivity contribution < 1.29 is 14.3 Å². The normalized spacial score (nSPS) is 10.5. The van der Waals surface area contributed by atoms with Gasteiger partial charge in [0.15, 0.2) is 0 Å². The van der Waals surface area contributed by atoms with Gasteiger partial charge in [-0.05, 0) is 35.4 Å². The molecular weight excluding hydrogens is 325 g/mol. The molecule has 0 amide bonds. The molecule has 0 heterocycles. The van der Waals surface area contributed by atoms with Crippen molar-refractivity contribution in [3.8, 4) is 0 Å². The van der Waals surface area contributed by atoms with Gasteiger partial charge in [-0.2, -0.15) is 0 Å². The number of carboxylic acid groups (broad SMARTS) is 1. The zero-order valence-electron chi connectivity index (χ0n) is 10.6. The summed E-state index contributed by atoms with van der Waals surface area (Å²) in [4.78, 5) is 10.7. The topological polar surface area (TPSA) is 49.3 Å². The molecule has 0 bridgehead atoms. The molecule has 0 spiro atoms. The van der Waals surface area contributed by atoms with Gasteiger partial charge in [-0.3, -0.25) is 0 Å². The summed E-state index contributed by atoms with van der Waals surface area (Å²) >= 11 is 3.40. The van der Waals surface area contributed by atoms with E-state index >= 15 is 0 Å². The van der Waals surface area contributed by atoms with Crippen LogP contribution in [0.2, 0.25) is 0 Å². The highest BCUT2D eigenvalue weighted by Crippen LogP contribution is 2.13. The number of nitrogens with one attached hydrogen (secondary N) is 1. The SMILES string of the molecule is O=C(O)c1ccc(CNCc2cccc(Br)c2)cc1F. The maximum Gasteiger partial charge on any atom is 0.338 e. The van der Waals surface area contributed by atoms with E-state index in [1.54, 1.807) is 6.07 Å². The number of benzene rings is 2. The molecule has 0 saturated carbocycles. The second-order valence-corrected chi connectivity index (χ2v) is 5.27. The Morgan fingerprint density at radius 1 is 1.15 bits per heavy atom. The van der Waals surface area contributed by atoms with Gasteiger partial charge in [0.25, 0.3) is 0 Å². The maximum absolute atomic E-state index is 13.5. The van der Waals surface area contributed by atoms with E-state index in [1.807, 2.05) is 24.3 Å². The molecule has 0 aliphatic rings. The largest absolute Gasteiger partial charge is 0.478 e. The molecule has 5 heteroatoms. The summed E-state index contributed by atoms with van der Waals surface area (Å²) in [5, 5.41) is 11.9. The lowest BCUT2D eigenvalue weighted by molar-refractivity contribution is 0.0692. The predicted octanol–water partition coefficient (Wildman–Crippen LogP) is 3.58. The molecule has 2 rings (SSSR count). The first-order chi connectivity index (χ1) is 9.56. The van der Waals surface area contributed by atoms with E-state index in [-0.39, 0.29) is 5.56 Å². The summed E-state index contributed by atoms with van der Waals surface area (Å²) in [6.45, 7) is 1.13. The molecule has 0 saturated heterocycles. The minimum Gasteiger partial charge on any atom is -0.478 e. The summed E-state index contributed by atoms with van der Waals surface area (Å²) in [5.74, 6) is -1.96. The Hall–Kier alpha value is -1.72. The summed E-state index contributed by atoms with van der Waals surface area (Å²) in [6.07, 6.45) is 0. The second-order valence-electron chi connectivity index (χ2n) is 4.35. The molecule has 20 heavy (non-hydrogen) atoms. The van der Waals surface area contributed by atoms with Crippen molar-refractivity contribution in [2.75, 3.05) is 0 Å². The molecule has 0 aromatic heterocycles.